The molecule has 0 saturated heterocycles. The third-order valence-corrected chi connectivity index (χ3v) is 5.59. The third-order valence-electron chi connectivity index (χ3n) is 5.59. The highest BCUT2D eigenvalue weighted by molar-refractivity contribution is 6.01. The second-order valence-electron chi connectivity index (χ2n) is 6.77. The number of aromatic amines is 1. The van der Waals surface area contributed by atoms with Gasteiger partial charge in [-0.05, 0) is 42.7 Å². The molecule has 0 atom stereocenters. The summed E-state index contributed by atoms with van der Waals surface area (Å²) in [7, 11) is 1.72. The Kier molecular flexibility index (Phi) is 2.64. The Labute approximate surface area is 140 Å². The molecular formula is C20H19N3O. The largest absolute Gasteiger partial charge is 0.496 e. The molecule has 0 unspecified atom stereocenters. The van der Waals surface area contributed by atoms with E-state index < -0.39 is 0 Å². The summed E-state index contributed by atoms with van der Waals surface area (Å²) in [5, 5.41) is 1.19. The fourth-order valence-corrected chi connectivity index (χ4v) is 4.07. The molecule has 1 aliphatic carbocycles. The topological polar surface area (TPSA) is 63.4 Å². The number of H-pyrrole nitrogens is 1. The van der Waals surface area contributed by atoms with E-state index in [0.717, 1.165) is 46.9 Å². The van der Waals surface area contributed by atoms with E-state index in [2.05, 4.69) is 40.3 Å². The van der Waals surface area contributed by atoms with Crippen molar-refractivity contribution >= 4 is 22.4 Å². The van der Waals surface area contributed by atoms with Crippen molar-refractivity contribution in [2.24, 2.45) is 10.7 Å². The van der Waals surface area contributed by atoms with Gasteiger partial charge in [-0.1, -0.05) is 24.6 Å². The van der Waals surface area contributed by atoms with Crippen molar-refractivity contribution in [3.63, 3.8) is 0 Å². The molecule has 1 saturated carbocycles. The molecule has 1 spiro atoms. The molecule has 120 valence electrons. The van der Waals surface area contributed by atoms with Crippen LogP contribution >= 0.6 is 0 Å². The molecule has 3 aromatic rings. The molecule has 0 bridgehead atoms. The van der Waals surface area contributed by atoms with Gasteiger partial charge in [0.2, 0.25) is 0 Å². The molecule has 2 heterocycles. The van der Waals surface area contributed by atoms with Crippen LogP contribution in [0.2, 0.25) is 0 Å². The van der Waals surface area contributed by atoms with E-state index in [1.165, 1.54) is 17.4 Å². The molecule has 1 aliphatic heterocycles. The number of aromatic nitrogens is 1. The minimum Gasteiger partial charge on any atom is -0.496 e. The number of hydrogen-bond donors (Lipinski definition) is 2. The zero-order chi connectivity index (χ0) is 16.3. The highest BCUT2D eigenvalue weighted by atomic mass is 16.5. The van der Waals surface area contributed by atoms with Crippen molar-refractivity contribution < 1.29 is 4.74 Å². The van der Waals surface area contributed by atoms with Crippen LogP contribution in [0.4, 0.5) is 5.69 Å². The monoisotopic (exact) mass is 317 g/mol. The van der Waals surface area contributed by atoms with E-state index in [4.69, 9.17) is 10.5 Å². The summed E-state index contributed by atoms with van der Waals surface area (Å²) in [4.78, 5) is 8.15. The number of rotatable bonds is 2. The van der Waals surface area contributed by atoms with Crippen molar-refractivity contribution in [3.05, 3.63) is 48.0 Å². The van der Waals surface area contributed by atoms with Gasteiger partial charge in [0, 0.05) is 16.5 Å². The van der Waals surface area contributed by atoms with Crippen molar-refractivity contribution in [1.82, 2.24) is 4.98 Å². The maximum absolute atomic E-state index is 6.27. The van der Waals surface area contributed by atoms with Gasteiger partial charge in [0.1, 0.15) is 11.6 Å². The molecule has 4 nitrogen and oxygen atoms in total. The lowest BCUT2D eigenvalue weighted by atomic mass is 9.64. The number of hydrogen-bond acceptors (Lipinski definition) is 3. The number of nitrogens with zero attached hydrogens (tertiary/aromatic N) is 1. The molecule has 2 aromatic carbocycles. The van der Waals surface area contributed by atoms with Crippen LogP contribution in [0.3, 0.4) is 0 Å². The molecule has 0 radical (unpaired) electrons. The van der Waals surface area contributed by atoms with Gasteiger partial charge in [-0.3, -0.25) is 0 Å². The molecule has 0 amide bonds. The second-order valence-corrected chi connectivity index (χ2v) is 6.77. The third kappa shape index (κ3) is 1.65. The van der Waals surface area contributed by atoms with Gasteiger partial charge < -0.3 is 15.5 Å². The Morgan fingerprint density at radius 3 is 2.71 bits per heavy atom. The van der Waals surface area contributed by atoms with Gasteiger partial charge in [-0.25, -0.2) is 4.99 Å². The number of benzene rings is 2. The lowest BCUT2D eigenvalue weighted by Crippen LogP contribution is -2.44. The summed E-state index contributed by atoms with van der Waals surface area (Å²) in [5.41, 5.74) is 11.6. The first-order valence-corrected chi connectivity index (χ1v) is 8.36. The zero-order valence-electron chi connectivity index (χ0n) is 13.6. The van der Waals surface area contributed by atoms with E-state index >= 15 is 0 Å². The summed E-state index contributed by atoms with van der Waals surface area (Å²) >= 11 is 0. The highest BCUT2D eigenvalue weighted by Crippen LogP contribution is 2.53. The number of amidine groups is 1. The molecular weight excluding hydrogens is 298 g/mol. The van der Waals surface area contributed by atoms with E-state index in [0.29, 0.717) is 0 Å². The lowest BCUT2D eigenvalue weighted by molar-refractivity contribution is 0.342. The van der Waals surface area contributed by atoms with Gasteiger partial charge in [-0.15, -0.1) is 0 Å². The summed E-state index contributed by atoms with van der Waals surface area (Å²) in [6.07, 6.45) is 3.39. The van der Waals surface area contributed by atoms with Crippen LogP contribution in [0.25, 0.3) is 22.2 Å². The van der Waals surface area contributed by atoms with Crippen LogP contribution in [-0.2, 0) is 5.41 Å². The minimum atomic E-state index is -0.0401. The number of ether oxygens (including phenoxy) is 1. The standard InChI is InChI=1S/C20H19N3O/c1-24-18-11-14-17(23-19(21)20(14)7-4-8-20)10-13(18)16-9-12-5-2-3-6-15(12)22-16/h2-3,5-6,9-11,22H,4,7-8H2,1H3,(H2,21,23). The van der Waals surface area contributed by atoms with E-state index in [1.807, 2.05) is 12.1 Å². The number of fused-ring (bicyclic) bond motifs is 3. The first-order valence-electron chi connectivity index (χ1n) is 8.36. The van der Waals surface area contributed by atoms with Crippen LogP contribution in [0.15, 0.2) is 47.5 Å². The van der Waals surface area contributed by atoms with Crippen LogP contribution in [0.1, 0.15) is 24.8 Å². The molecule has 3 N–H and O–H groups in total. The SMILES string of the molecule is COc1cc2c(cc1-c1cc3ccccc3[nH]1)N=C(N)C21CCC1. The average molecular weight is 317 g/mol. The van der Waals surface area contributed by atoms with Crippen molar-refractivity contribution in [2.45, 2.75) is 24.7 Å². The van der Waals surface area contributed by atoms with Gasteiger partial charge in [-0.2, -0.15) is 0 Å². The summed E-state index contributed by atoms with van der Waals surface area (Å²) < 4.78 is 5.71. The second kappa shape index (κ2) is 4.63. The van der Waals surface area contributed by atoms with Crippen LogP contribution < -0.4 is 10.5 Å². The van der Waals surface area contributed by atoms with Crippen LogP contribution in [0, 0.1) is 0 Å². The molecule has 5 rings (SSSR count). The fraction of sp³-hybridized carbons (Fsp3) is 0.250. The Hall–Kier alpha value is -2.75. The lowest BCUT2D eigenvalue weighted by Gasteiger charge is -2.39. The number of nitrogens with one attached hydrogen (secondary N) is 1. The highest BCUT2D eigenvalue weighted by Gasteiger charge is 2.47. The molecule has 1 aromatic heterocycles. The quantitative estimate of drug-likeness (QED) is 0.741. The fourth-order valence-electron chi connectivity index (χ4n) is 4.07. The molecule has 1 fully saturated rings. The van der Waals surface area contributed by atoms with Gasteiger partial charge >= 0.3 is 0 Å². The summed E-state index contributed by atoms with van der Waals surface area (Å²) in [6.45, 7) is 0. The predicted octanol–water partition coefficient (Wildman–Crippen LogP) is 4.27. The smallest absolute Gasteiger partial charge is 0.128 e. The Bertz CT molecular complexity index is 962. The Balaban J connectivity index is 1.71. The number of methoxy groups -OCH3 is 1. The van der Waals surface area contributed by atoms with E-state index in [-0.39, 0.29) is 5.41 Å². The Morgan fingerprint density at radius 2 is 2.00 bits per heavy atom. The number of aliphatic imine (C=N–C) groups is 1. The van der Waals surface area contributed by atoms with Crippen LogP contribution in [0.5, 0.6) is 5.75 Å². The maximum atomic E-state index is 6.27. The summed E-state index contributed by atoms with van der Waals surface area (Å²) in [6, 6.07) is 14.7. The van der Waals surface area contributed by atoms with Crippen molar-refractivity contribution in [3.8, 4) is 17.0 Å². The normalized spacial score (nSPS) is 17.6. The average Bonchev–Trinajstić information content (AvgIpc) is 3.10. The van der Waals surface area contributed by atoms with Crippen LogP contribution in [-0.4, -0.2) is 17.9 Å². The predicted molar refractivity (Wildman–Crippen MR) is 97.1 cm³/mol. The summed E-state index contributed by atoms with van der Waals surface area (Å²) in [5.74, 6) is 1.64. The van der Waals surface area contributed by atoms with Gasteiger partial charge in [0.25, 0.3) is 0 Å². The first kappa shape index (κ1) is 13.7. The number of para-hydroxylation sites is 1. The van der Waals surface area contributed by atoms with Crippen molar-refractivity contribution in [1.29, 1.82) is 0 Å². The molecule has 24 heavy (non-hydrogen) atoms. The molecule has 4 heteroatoms. The van der Waals surface area contributed by atoms with E-state index in [9.17, 15) is 0 Å². The van der Waals surface area contributed by atoms with E-state index in [1.54, 1.807) is 7.11 Å². The maximum Gasteiger partial charge on any atom is 0.128 e. The van der Waals surface area contributed by atoms with Crippen molar-refractivity contribution in [2.75, 3.05) is 7.11 Å². The Morgan fingerprint density at radius 1 is 1.17 bits per heavy atom. The first-order chi connectivity index (χ1) is 11.7. The van der Waals surface area contributed by atoms with Gasteiger partial charge in [0.15, 0.2) is 0 Å². The zero-order valence-corrected chi connectivity index (χ0v) is 13.6. The van der Waals surface area contributed by atoms with Gasteiger partial charge in [0.05, 0.1) is 23.9 Å². The number of nitrogens with two attached hydrogens (primary N) is 1. The minimum absolute atomic E-state index is 0.0401. The molecule has 2 aliphatic rings.